The fourth-order valence-electron chi connectivity index (χ4n) is 2.76. The molecule has 8 N–H and O–H groups in total. The van der Waals surface area contributed by atoms with Gasteiger partial charge in [-0.1, -0.05) is 0 Å². The maximum Gasteiger partial charge on any atom is 0.490 e. The summed E-state index contributed by atoms with van der Waals surface area (Å²) >= 11 is 0. The van der Waals surface area contributed by atoms with Gasteiger partial charge in [0.2, 0.25) is 0 Å². The Bertz CT molecular complexity index is 1170. The Kier molecular flexibility index (Phi) is 7.29. The molecular weight excluding hydrogens is 519 g/mol. The molecule has 1 aliphatic rings. The van der Waals surface area contributed by atoms with Crippen molar-refractivity contribution in [2.45, 2.75) is 24.5 Å². The number of imidazole rings is 1. The number of methoxy groups -OCH3 is 1. The standard InChI is InChI=1S/C11H18N5O14P3/c1-26-11-14-8(12)5-9(15-11)16(3-13-5)10-7(18)6(17)4(28-10)2-27-32(22,23)30-33(24,25)29-31(19,20)21/h3-4,6-7,10,17-18H,2H2,1H3,(H,22,23)(H,24,25)(H2,12,14,15)(H2,19,20,21)/t4-,6-,7-,10-/m1/s1. The molecule has 22 heteroatoms. The molecule has 2 aromatic heterocycles. The molecule has 0 aliphatic carbocycles. The summed E-state index contributed by atoms with van der Waals surface area (Å²) in [6, 6.07) is -0.126. The number of nitrogens with two attached hydrogens (primary N) is 1. The van der Waals surface area contributed by atoms with E-state index in [0.29, 0.717) is 0 Å². The largest absolute Gasteiger partial charge is 0.490 e. The van der Waals surface area contributed by atoms with Gasteiger partial charge in [-0.25, -0.2) is 18.7 Å². The van der Waals surface area contributed by atoms with E-state index < -0.39 is 54.6 Å². The second-order valence-corrected chi connectivity index (χ2v) is 10.8. The van der Waals surface area contributed by atoms with Crippen LogP contribution in [0, 0.1) is 0 Å². The molecule has 186 valence electrons. The van der Waals surface area contributed by atoms with Crippen molar-refractivity contribution in [2.24, 2.45) is 0 Å². The number of aromatic nitrogens is 4. The first kappa shape index (κ1) is 26.1. The molecule has 3 rings (SSSR count). The van der Waals surface area contributed by atoms with E-state index in [2.05, 4.69) is 28.1 Å². The third kappa shape index (κ3) is 6.12. The maximum absolute atomic E-state index is 11.8. The fourth-order valence-corrected chi connectivity index (χ4v) is 5.79. The summed E-state index contributed by atoms with van der Waals surface area (Å²) in [5, 5.41) is 20.6. The van der Waals surface area contributed by atoms with Crippen LogP contribution >= 0.6 is 23.5 Å². The van der Waals surface area contributed by atoms with Gasteiger partial charge in [-0.15, -0.1) is 0 Å². The molecule has 3 heterocycles. The van der Waals surface area contributed by atoms with Crippen LogP contribution in [0.1, 0.15) is 6.23 Å². The number of nitrogens with zero attached hydrogens (tertiary/aromatic N) is 4. The van der Waals surface area contributed by atoms with Gasteiger partial charge in [-0.05, 0) is 0 Å². The quantitative estimate of drug-likeness (QED) is 0.177. The lowest BCUT2D eigenvalue weighted by Crippen LogP contribution is -2.33. The molecule has 0 spiro atoms. The normalized spacial score (nSPS) is 27.4. The zero-order chi connectivity index (χ0) is 24.8. The number of rotatable bonds is 9. The van der Waals surface area contributed by atoms with Crippen LogP contribution in [0.25, 0.3) is 11.2 Å². The van der Waals surface area contributed by atoms with Crippen LogP contribution in [0.4, 0.5) is 5.82 Å². The third-order valence-corrected chi connectivity index (χ3v) is 7.84. The molecule has 33 heavy (non-hydrogen) atoms. The number of hydrogen-bond donors (Lipinski definition) is 7. The van der Waals surface area contributed by atoms with Gasteiger partial charge in [0.1, 0.15) is 18.3 Å². The zero-order valence-electron chi connectivity index (χ0n) is 16.3. The Labute approximate surface area is 183 Å². The van der Waals surface area contributed by atoms with Crippen molar-refractivity contribution in [1.82, 2.24) is 19.5 Å². The van der Waals surface area contributed by atoms with E-state index in [0.717, 1.165) is 0 Å². The first-order valence-electron chi connectivity index (χ1n) is 8.46. The van der Waals surface area contributed by atoms with Gasteiger partial charge >= 0.3 is 29.5 Å². The van der Waals surface area contributed by atoms with Crippen molar-refractivity contribution >= 4 is 40.4 Å². The lowest BCUT2D eigenvalue weighted by atomic mass is 10.1. The second-order valence-electron chi connectivity index (χ2n) is 6.35. The highest BCUT2D eigenvalue weighted by atomic mass is 31.3. The van der Waals surface area contributed by atoms with Gasteiger partial charge in [-0.3, -0.25) is 9.09 Å². The van der Waals surface area contributed by atoms with E-state index in [-0.39, 0.29) is 23.0 Å². The van der Waals surface area contributed by atoms with Crippen LogP contribution < -0.4 is 10.5 Å². The lowest BCUT2D eigenvalue weighted by molar-refractivity contribution is -0.0503. The van der Waals surface area contributed by atoms with Crippen molar-refractivity contribution in [3.8, 4) is 6.01 Å². The van der Waals surface area contributed by atoms with Crippen LogP contribution in [0.15, 0.2) is 6.33 Å². The Morgan fingerprint density at radius 1 is 1.09 bits per heavy atom. The summed E-state index contributed by atoms with van der Waals surface area (Å²) in [5.41, 5.74) is 5.95. The minimum atomic E-state index is -5.72. The van der Waals surface area contributed by atoms with Gasteiger partial charge < -0.3 is 45.0 Å². The summed E-state index contributed by atoms with van der Waals surface area (Å²) in [6.45, 7) is -0.981. The number of aliphatic hydroxyl groups excluding tert-OH is 2. The van der Waals surface area contributed by atoms with Crippen molar-refractivity contribution in [3.05, 3.63) is 6.33 Å². The number of phosphoric acid groups is 3. The summed E-state index contributed by atoms with van der Waals surface area (Å²) in [7, 11) is -15.5. The van der Waals surface area contributed by atoms with E-state index in [1.54, 1.807) is 0 Å². The SMILES string of the molecule is COc1nc(N)c2ncn([C@@H]3O[C@H](COP(=O)(O)OP(=O)(O)OP(=O)(O)O)[C@@H](O)[C@H]3O)c2n1. The molecule has 2 aromatic rings. The number of ether oxygens (including phenoxy) is 2. The first-order valence-corrected chi connectivity index (χ1v) is 13.0. The summed E-state index contributed by atoms with van der Waals surface area (Å²) in [4.78, 5) is 47.6. The molecular formula is C11H18N5O14P3. The van der Waals surface area contributed by atoms with Crippen LogP contribution in [0.3, 0.4) is 0 Å². The number of anilines is 1. The topological polar surface area (TPSA) is 288 Å². The van der Waals surface area contributed by atoms with Crippen molar-refractivity contribution in [3.63, 3.8) is 0 Å². The zero-order valence-corrected chi connectivity index (χ0v) is 18.9. The van der Waals surface area contributed by atoms with E-state index >= 15 is 0 Å². The fraction of sp³-hybridized carbons (Fsp3) is 0.545. The Morgan fingerprint density at radius 3 is 2.36 bits per heavy atom. The van der Waals surface area contributed by atoms with Crippen LogP contribution in [-0.2, 0) is 31.6 Å². The van der Waals surface area contributed by atoms with Crippen LogP contribution in [-0.4, -0.2) is 81.3 Å². The number of fused-ring (bicyclic) bond motifs is 1. The predicted molar refractivity (Wildman–Crippen MR) is 102 cm³/mol. The van der Waals surface area contributed by atoms with Gasteiger partial charge in [0, 0.05) is 0 Å². The average Bonchev–Trinajstić information content (AvgIpc) is 3.19. The molecule has 2 unspecified atom stereocenters. The molecule has 1 aliphatic heterocycles. The average molecular weight is 537 g/mol. The van der Waals surface area contributed by atoms with E-state index in [1.165, 1.54) is 18.0 Å². The summed E-state index contributed by atoms with van der Waals surface area (Å²) in [6.07, 6.45) is -5.02. The highest BCUT2D eigenvalue weighted by Gasteiger charge is 2.47. The Hall–Kier alpha value is -1.56. The Balaban J connectivity index is 1.73. The van der Waals surface area contributed by atoms with E-state index in [4.69, 9.17) is 29.9 Å². The first-order chi connectivity index (χ1) is 15.1. The van der Waals surface area contributed by atoms with Crippen molar-refractivity contribution in [1.29, 1.82) is 0 Å². The molecule has 1 fully saturated rings. The van der Waals surface area contributed by atoms with Crippen LogP contribution in [0.5, 0.6) is 6.01 Å². The summed E-state index contributed by atoms with van der Waals surface area (Å²) < 4.78 is 57.0. The molecule has 0 saturated carbocycles. The Morgan fingerprint density at radius 2 is 1.76 bits per heavy atom. The van der Waals surface area contributed by atoms with E-state index in [1.807, 2.05) is 0 Å². The second kappa shape index (κ2) is 9.24. The minimum Gasteiger partial charge on any atom is -0.467 e. The van der Waals surface area contributed by atoms with Gasteiger partial charge in [0.05, 0.1) is 20.0 Å². The third-order valence-electron chi connectivity index (χ3n) is 4.04. The number of phosphoric ester groups is 1. The monoisotopic (exact) mass is 537 g/mol. The maximum atomic E-state index is 11.8. The molecule has 1 saturated heterocycles. The highest BCUT2D eigenvalue weighted by Crippen LogP contribution is 2.66. The van der Waals surface area contributed by atoms with E-state index in [9.17, 15) is 28.8 Å². The van der Waals surface area contributed by atoms with Crippen LogP contribution in [0.2, 0.25) is 0 Å². The molecule has 0 amide bonds. The minimum absolute atomic E-state index is 0.0483. The molecule has 0 aromatic carbocycles. The smallest absolute Gasteiger partial charge is 0.467 e. The molecule has 19 nitrogen and oxygen atoms in total. The lowest BCUT2D eigenvalue weighted by Gasteiger charge is -2.19. The van der Waals surface area contributed by atoms with Crippen molar-refractivity contribution in [2.75, 3.05) is 19.5 Å². The number of hydrogen-bond acceptors (Lipinski definition) is 14. The van der Waals surface area contributed by atoms with Gasteiger partial charge in [0.15, 0.2) is 23.2 Å². The molecule has 0 bridgehead atoms. The van der Waals surface area contributed by atoms with Gasteiger partial charge in [-0.2, -0.15) is 18.6 Å². The number of nitrogen functional groups attached to an aromatic ring is 1. The molecule has 0 radical (unpaired) electrons. The summed E-state index contributed by atoms with van der Waals surface area (Å²) in [5.74, 6) is -0.0483. The predicted octanol–water partition coefficient (Wildman–Crippen LogP) is -1.62. The van der Waals surface area contributed by atoms with Gasteiger partial charge in [0.25, 0.3) is 0 Å². The molecule has 6 atom stereocenters. The number of aliphatic hydroxyl groups is 2. The highest BCUT2D eigenvalue weighted by molar-refractivity contribution is 7.66. The van der Waals surface area contributed by atoms with Crippen molar-refractivity contribution < 1.29 is 66.1 Å².